The highest BCUT2D eigenvalue weighted by Gasteiger charge is 2.23. The van der Waals surface area contributed by atoms with E-state index in [2.05, 4.69) is 39.7 Å². The lowest BCUT2D eigenvalue weighted by atomic mass is 9.87. The number of allylic oxidation sites excluding steroid dienone is 1. The molecular formula is C19H26N4OS2. The molecule has 0 fully saturated rings. The Kier molecular flexibility index (Phi) is 6.53. The summed E-state index contributed by atoms with van der Waals surface area (Å²) in [6.45, 7) is 9.34. The summed E-state index contributed by atoms with van der Waals surface area (Å²) in [4.78, 5) is 14.4. The molecule has 1 N–H and O–H groups in total. The van der Waals surface area contributed by atoms with E-state index in [0.717, 1.165) is 16.9 Å². The van der Waals surface area contributed by atoms with Gasteiger partial charge in [-0.3, -0.25) is 9.36 Å². The summed E-state index contributed by atoms with van der Waals surface area (Å²) in [5.74, 6) is 2.06. The number of carbonyl (C=O) groups is 1. The SMILES string of the molecule is C=CCn1c(SCC(=O)NCC)nnc1-c1cc2c(s1)CC[C@@H](CC)C2. The molecule has 2 heterocycles. The topological polar surface area (TPSA) is 59.8 Å². The van der Waals surface area contributed by atoms with E-state index in [1.807, 2.05) is 24.3 Å². The molecule has 1 atom stereocenters. The fourth-order valence-corrected chi connectivity index (χ4v) is 5.29. The molecular weight excluding hydrogens is 364 g/mol. The van der Waals surface area contributed by atoms with E-state index in [4.69, 9.17) is 0 Å². The Morgan fingerprint density at radius 1 is 1.50 bits per heavy atom. The van der Waals surface area contributed by atoms with Gasteiger partial charge in [0.1, 0.15) is 0 Å². The maximum atomic E-state index is 11.7. The highest BCUT2D eigenvalue weighted by atomic mass is 32.2. The third-order valence-electron chi connectivity index (χ3n) is 4.72. The number of thioether (sulfide) groups is 1. The lowest BCUT2D eigenvalue weighted by Crippen LogP contribution is -2.24. The minimum Gasteiger partial charge on any atom is -0.356 e. The number of hydrogen-bond acceptors (Lipinski definition) is 5. The van der Waals surface area contributed by atoms with Crippen molar-refractivity contribution in [2.45, 2.75) is 51.2 Å². The van der Waals surface area contributed by atoms with E-state index in [9.17, 15) is 4.79 Å². The van der Waals surface area contributed by atoms with Gasteiger partial charge in [-0.25, -0.2) is 0 Å². The third kappa shape index (κ3) is 4.20. The first-order valence-electron chi connectivity index (χ1n) is 9.21. The van der Waals surface area contributed by atoms with Gasteiger partial charge in [0.25, 0.3) is 0 Å². The minimum absolute atomic E-state index is 0.0180. The average molecular weight is 391 g/mol. The van der Waals surface area contributed by atoms with Gasteiger partial charge in [0.15, 0.2) is 11.0 Å². The third-order valence-corrected chi connectivity index (χ3v) is 6.92. The molecule has 0 aliphatic heterocycles. The lowest BCUT2D eigenvalue weighted by molar-refractivity contribution is -0.118. The van der Waals surface area contributed by atoms with Gasteiger partial charge in [-0.2, -0.15) is 0 Å². The Bertz CT molecular complexity index is 781. The van der Waals surface area contributed by atoms with Crippen molar-refractivity contribution in [1.29, 1.82) is 0 Å². The second kappa shape index (κ2) is 8.86. The number of amides is 1. The van der Waals surface area contributed by atoms with Crippen LogP contribution in [0.2, 0.25) is 0 Å². The molecule has 0 unspecified atom stereocenters. The van der Waals surface area contributed by atoms with Crippen molar-refractivity contribution in [3.05, 3.63) is 29.2 Å². The normalized spacial score (nSPS) is 16.3. The Balaban J connectivity index is 1.83. The van der Waals surface area contributed by atoms with Gasteiger partial charge in [0.2, 0.25) is 5.91 Å². The van der Waals surface area contributed by atoms with Gasteiger partial charge in [0.05, 0.1) is 10.6 Å². The van der Waals surface area contributed by atoms with Crippen LogP contribution in [0.25, 0.3) is 10.7 Å². The summed E-state index contributed by atoms with van der Waals surface area (Å²) in [7, 11) is 0. The van der Waals surface area contributed by atoms with Gasteiger partial charge in [-0.15, -0.1) is 28.1 Å². The number of nitrogens with zero attached hydrogens (tertiary/aromatic N) is 3. The number of carbonyl (C=O) groups excluding carboxylic acids is 1. The number of hydrogen-bond donors (Lipinski definition) is 1. The fraction of sp³-hybridized carbons (Fsp3) is 0.526. The van der Waals surface area contributed by atoms with Crippen molar-refractivity contribution in [2.24, 2.45) is 5.92 Å². The summed E-state index contributed by atoms with van der Waals surface area (Å²) in [5.41, 5.74) is 1.48. The summed E-state index contributed by atoms with van der Waals surface area (Å²) in [6, 6.07) is 2.30. The molecule has 2 aromatic rings. The van der Waals surface area contributed by atoms with Gasteiger partial charge < -0.3 is 5.32 Å². The van der Waals surface area contributed by atoms with Crippen LogP contribution in [0, 0.1) is 5.92 Å². The van der Waals surface area contributed by atoms with Crippen LogP contribution < -0.4 is 5.32 Å². The molecule has 1 amide bonds. The standard InChI is InChI=1S/C19H26N4OS2/c1-4-9-23-18(21-22-19(23)25-12-17(24)20-6-3)16-11-14-10-13(5-2)7-8-15(14)26-16/h4,11,13H,1,5-10,12H2,2-3H3,(H,20,24)/t13-/m1/s1. The molecule has 2 aromatic heterocycles. The van der Waals surface area contributed by atoms with Crippen LogP contribution in [0.3, 0.4) is 0 Å². The molecule has 3 rings (SSSR count). The maximum Gasteiger partial charge on any atom is 0.230 e. The van der Waals surface area contributed by atoms with E-state index in [1.54, 1.807) is 0 Å². The highest BCUT2D eigenvalue weighted by molar-refractivity contribution is 7.99. The Labute approximate surface area is 163 Å². The van der Waals surface area contributed by atoms with Crippen molar-refractivity contribution in [1.82, 2.24) is 20.1 Å². The summed E-state index contributed by atoms with van der Waals surface area (Å²) in [6.07, 6.45) is 6.74. The van der Waals surface area contributed by atoms with E-state index in [1.165, 1.54) is 52.8 Å². The maximum absolute atomic E-state index is 11.7. The molecule has 1 aliphatic carbocycles. The second-order valence-corrected chi connectivity index (χ2v) is 8.60. The van der Waals surface area contributed by atoms with Crippen molar-refractivity contribution in [3.8, 4) is 10.7 Å². The molecule has 140 valence electrons. The Morgan fingerprint density at radius 3 is 3.08 bits per heavy atom. The van der Waals surface area contributed by atoms with Crippen molar-refractivity contribution in [2.75, 3.05) is 12.3 Å². The molecule has 1 aliphatic rings. The van der Waals surface area contributed by atoms with Crippen LogP contribution in [0.4, 0.5) is 0 Å². The van der Waals surface area contributed by atoms with E-state index in [0.29, 0.717) is 18.8 Å². The second-order valence-electron chi connectivity index (χ2n) is 6.52. The lowest BCUT2D eigenvalue weighted by Gasteiger charge is -2.19. The van der Waals surface area contributed by atoms with Gasteiger partial charge in [-0.05, 0) is 43.7 Å². The van der Waals surface area contributed by atoms with E-state index in [-0.39, 0.29) is 5.91 Å². The average Bonchev–Trinajstić information content (AvgIpc) is 3.23. The van der Waals surface area contributed by atoms with Gasteiger partial charge in [-0.1, -0.05) is 31.2 Å². The largest absolute Gasteiger partial charge is 0.356 e. The molecule has 0 aromatic carbocycles. The van der Waals surface area contributed by atoms with Crippen LogP contribution >= 0.6 is 23.1 Å². The molecule has 5 nitrogen and oxygen atoms in total. The van der Waals surface area contributed by atoms with Crippen molar-refractivity contribution >= 4 is 29.0 Å². The summed E-state index contributed by atoms with van der Waals surface area (Å²) < 4.78 is 2.06. The monoisotopic (exact) mass is 390 g/mol. The van der Waals surface area contributed by atoms with E-state index < -0.39 is 0 Å². The molecule has 0 saturated carbocycles. The summed E-state index contributed by atoms with van der Waals surface area (Å²) in [5, 5.41) is 12.4. The number of aryl methyl sites for hydroxylation is 1. The highest BCUT2D eigenvalue weighted by Crippen LogP contribution is 2.38. The van der Waals surface area contributed by atoms with Crippen LogP contribution in [-0.2, 0) is 24.2 Å². The summed E-state index contributed by atoms with van der Waals surface area (Å²) >= 11 is 3.26. The van der Waals surface area contributed by atoms with Gasteiger partial charge in [0, 0.05) is 18.0 Å². The van der Waals surface area contributed by atoms with Crippen molar-refractivity contribution < 1.29 is 4.79 Å². The molecule has 0 bridgehead atoms. The number of rotatable bonds is 8. The zero-order chi connectivity index (χ0) is 18.5. The zero-order valence-electron chi connectivity index (χ0n) is 15.5. The van der Waals surface area contributed by atoms with Crippen LogP contribution in [-0.4, -0.2) is 33.0 Å². The molecule has 0 spiro atoms. The predicted molar refractivity (Wildman–Crippen MR) is 109 cm³/mol. The first-order chi connectivity index (χ1) is 12.7. The number of aromatic nitrogens is 3. The number of nitrogens with one attached hydrogen (secondary N) is 1. The number of thiophene rings is 1. The fourth-order valence-electron chi connectivity index (χ4n) is 3.31. The van der Waals surface area contributed by atoms with Crippen LogP contribution in [0.5, 0.6) is 0 Å². The first-order valence-corrected chi connectivity index (χ1v) is 11.0. The van der Waals surface area contributed by atoms with Crippen molar-refractivity contribution in [3.63, 3.8) is 0 Å². The smallest absolute Gasteiger partial charge is 0.230 e. The number of fused-ring (bicyclic) bond motifs is 1. The van der Waals surface area contributed by atoms with Gasteiger partial charge >= 0.3 is 0 Å². The predicted octanol–water partition coefficient (Wildman–Crippen LogP) is 3.94. The van der Waals surface area contributed by atoms with Crippen LogP contribution in [0.1, 0.15) is 37.1 Å². The minimum atomic E-state index is 0.0180. The Hall–Kier alpha value is -1.60. The van der Waals surface area contributed by atoms with E-state index >= 15 is 0 Å². The zero-order valence-corrected chi connectivity index (χ0v) is 17.1. The first kappa shape index (κ1) is 19.2. The Morgan fingerprint density at radius 2 is 2.35 bits per heavy atom. The molecule has 0 radical (unpaired) electrons. The molecule has 26 heavy (non-hydrogen) atoms. The molecule has 0 saturated heterocycles. The quantitative estimate of drug-likeness (QED) is 0.548. The molecule has 7 heteroatoms. The van der Waals surface area contributed by atoms with Crippen LogP contribution in [0.15, 0.2) is 23.9 Å².